The second kappa shape index (κ2) is 6.37. The van der Waals surface area contributed by atoms with E-state index in [1.165, 1.54) is 33.5 Å². The summed E-state index contributed by atoms with van der Waals surface area (Å²) in [4.78, 5) is 0.132. The van der Waals surface area contributed by atoms with Crippen LogP contribution in [0.1, 0.15) is 5.56 Å². The van der Waals surface area contributed by atoms with E-state index >= 15 is 0 Å². The van der Waals surface area contributed by atoms with Crippen LogP contribution in [0.15, 0.2) is 71.9 Å². The zero-order chi connectivity index (χ0) is 17.2. The number of nitrogens with zero attached hydrogens (tertiary/aromatic N) is 3. The second-order valence-corrected chi connectivity index (χ2v) is 7.23. The Hall–Kier alpha value is -2.80. The van der Waals surface area contributed by atoms with Crippen LogP contribution in [0.4, 0.5) is 5.69 Å². The van der Waals surface area contributed by atoms with Gasteiger partial charge in [0.05, 0.1) is 18.4 Å². The SMILES string of the molecule is Cn1cc(S(=O)(=O)N(Cc2ccc(O)cc2)c2ccccc2)cn1. The lowest BCUT2D eigenvalue weighted by Crippen LogP contribution is -2.30. The monoisotopic (exact) mass is 343 g/mol. The number of phenolic OH excluding ortho intramolecular Hbond substituents is 1. The van der Waals surface area contributed by atoms with Gasteiger partial charge in [-0.25, -0.2) is 8.42 Å². The van der Waals surface area contributed by atoms with E-state index in [9.17, 15) is 13.5 Å². The third-order valence-electron chi connectivity index (χ3n) is 3.58. The highest BCUT2D eigenvalue weighted by Crippen LogP contribution is 2.26. The molecule has 6 nitrogen and oxygen atoms in total. The molecule has 7 heteroatoms. The van der Waals surface area contributed by atoms with E-state index in [-0.39, 0.29) is 17.2 Å². The van der Waals surface area contributed by atoms with E-state index in [1.54, 1.807) is 43.4 Å². The van der Waals surface area contributed by atoms with Gasteiger partial charge in [0.25, 0.3) is 10.0 Å². The van der Waals surface area contributed by atoms with Gasteiger partial charge in [-0.3, -0.25) is 8.99 Å². The van der Waals surface area contributed by atoms with E-state index in [0.29, 0.717) is 5.69 Å². The predicted octanol–water partition coefficient (Wildman–Crippen LogP) is 2.52. The molecule has 0 saturated heterocycles. The largest absolute Gasteiger partial charge is 0.508 e. The van der Waals surface area contributed by atoms with Crippen LogP contribution in [0.5, 0.6) is 5.75 Å². The van der Waals surface area contributed by atoms with Crippen LogP contribution in [0.2, 0.25) is 0 Å². The molecule has 0 aliphatic carbocycles. The van der Waals surface area contributed by atoms with Gasteiger partial charge in [0.1, 0.15) is 10.6 Å². The fraction of sp³-hybridized carbons (Fsp3) is 0.118. The average molecular weight is 343 g/mol. The number of anilines is 1. The van der Waals surface area contributed by atoms with Gasteiger partial charge in [-0.05, 0) is 29.8 Å². The van der Waals surface area contributed by atoms with Gasteiger partial charge in [-0.15, -0.1) is 0 Å². The molecule has 1 heterocycles. The molecule has 2 aromatic carbocycles. The highest BCUT2D eigenvalue weighted by atomic mass is 32.2. The molecule has 0 amide bonds. The molecule has 0 fully saturated rings. The van der Waals surface area contributed by atoms with E-state index in [0.717, 1.165) is 5.56 Å². The molecule has 0 spiro atoms. The molecule has 0 radical (unpaired) electrons. The van der Waals surface area contributed by atoms with E-state index < -0.39 is 10.0 Å². The van der Waals surface area contributed by atoms with E-state index in [1.807, 2.05) is 6.07 Å². The van der Waals surface area contributed by atoms with Gasteiger partial charge < -0.3 is 5.11 Å². The Morgan fingerprint density at radius 2 is 1.75 bits per heavy atom. The van der Waals surface area contributed by atoms with Gasteiger partial charge in [-0.2, -0.15) is 5.10 Å². The Balaban J connectivity index is 2.04. The van der Waals surface area contributed by atoms with E-state index in [4.69, 9.17) is 0 Å². The van der Waals surface area contributed by atoms with Crippen molar-refractivity contribution in [2.24, 2.45) is 7.05 Å². The summed E-state index contributed by atoms with van der Waals surface area (Å²) >= 11 is 0. The van der Waals surface area contributed by atoms with Gasteiger partial charge >= 0.3 is 0 Å². The first-order valence-corrected chi connectivity index (χ1v) is 8.75. The van der Waals surface area contributed by atoms with E-state index in [2.05, 4.69) is 5.10 Å². The number of hydrogen-bond donors (Lipinski definition) is 1. The first-order valence-electron chi connectivity index (χ1n) is 7.31. The fourth-order valence-corrected chi connectivity index (χ4v) is 3.77. The maximum Gasteiger partial charge on any atom is 0.267 e. The fourth-order valence-electron chi connectivity index (χ4n) is 2.34. The zero-order valence-corrected chi connectivity index (χ0v) is 13.9. The number of sulfonamides is 1. The van der Waals surface area contributed by atoms with Crippen molar-refractivity contribution in [1.29, 1.82) is 0 Å². The molecule has 1 N–H and O–H groups in total. The molecule has 1 aromatic heterocycles. The summed E-state index contributed by atoms with van der Waals surface area (Å²) in [7, 11) is -2.08. The van der Waals surface area contributed by atoms with Crippen LogP contribution in [-0.4, -0.2) is 23.3 Å². The van der Waals surface area contributed by atoms with Crippen molar-refractivity contribution in [3.63, 3.8) is 0 Å². The molecule has 0 saturated carbocycles. The Bertz CT molecular complexity index is 919. The van der Waals surface area contributed by atoms with Crippen molar-refractivity contribution in [1.82, 2.24) is 9.78 Å². The Kier molecular flexibility index (Phi) is 4.26. The minimum absolute atomic E-state index is 0.132. The van der Waals surface area contributed by atoms with Crippen LogP contribution >= 0.6 is 0 Å². The number of benzene rings is 2. The first-order chi connectivity index (χ1) is 11.5. The number of para-hydroxylation sites is 1. The summed E-state index contributed by atoms with van der Waals surface area (Å²) < 4.78 is 28.9. The van der Waals surface area contributed by atoms with Gasteiger partial charge in [-0.1, -0.05) is 30.3 Å². The maximum atomic E-state index is 13.0. The third kappa shape index (κ3) is 3.26. The Morgan fingerprint density at radius 3 is 2.33 bits per heavy atom. The van der Waals surface area contributed by atoms with Crippen molar-refractivity contribution in [3.05, 3.63) is 72.6 Å². The number of phenols is 1. The van der Waals surface area contributed by atoms with Crippen molar-refractivity contribution in [2.75, 3.05) is 4.31 Å². The number of aromatic hydroxyl groups is 1. The molecule has 0 aliphatic rings. The molecule has 24 heavy (non-hydrogen) atoms. The first kappa shape index (κ1) is 16.1. The van der Waals surface area contributed by atoms with Crippen LogP contribution in [-0.2, 0) is 23.6 Å². The highest BCUT2D eigenvalue weighted by Gasteiger charge is 2.26. The lowest BCUT2D eigenvalue weighted by atomic mass is 10.2. The molecule has 3 aromatic rings. The zero-order valence-electron chi connectivity index (χ0n) is 13.1. The van der Waals surface area contributed by atoms with Crippen molar-refractivity contribution in [3.8, 4) is 5.75 Å². The summed E-state index contributed by atoms with van der Waals surface area (Å²) in [5.41, 5.74) is 1.33. The highest BCUT2D eigenvalue weighted by molar-refractivity contribution is 7.92. The summed E-state index contributed by atoms with van der Waals surface area (Å²) in [6, 6.07) is 15.4. The minimum Gasteiger partial charge on any atom is -0.508 e. The van der Waals surface area contributed by atoms with Crippen LogP contribution < -0.4 is 4.31 Å². The Morgan fingerprint density at radius 1 is 1.08 bits per heavy atom. The van der Waals surface area contributed by atoms with Gasteiger partial charge in [0.15, 0.2) is 0 Å². The van der Waals surface area contributed by atoms with Crippen LogP contribution in [0, 0.1) is 0 Å². The topological polar surface area (TPSA) is 75.4 Å². The summed E-state index contributed by atoms with van der Waals surface area (Å²) in [5.74, 6) is 0.139. The van der Waals surface area contributed by atoms with Crippen molar-refractivity contribution < 1.29 is 13.5 Å². The summed E-state index contributed by atoms with van der Waals surface area (Å²) in [5, 5.41) is 13.4. The molecule has 3 rings (SSSR count). The van der Waals surface area contributed by atoms with Crippen molar-refractivity contribution >= 4 is 15.7 Å². The van der Waals surface area contributed by atoms with Gasteiger partial charge in [0.2, 0.25) is 0 Å². The summed E-state index contributed by atoms with van der Waals surface area (Å²) in [6.45, 7) is 0.154. The van der Waals surface area contributed by atoms with Crippen molar-refractivity contribution in [2.45, 2.75) is 11.4 Å². The molecule has 0 atom stereocenters. The van der Waals surface area contributed by atoms with Crippen LogP contribution in [0.25, 0.3) is 0 Å². The average Bonchev–Trinajstić information content (AvgIpc) is 3.02. The quantitative estimate of drug-likeness (QED) is 0.772. The normalized spacial score (nSPS) is 11.4. The van der Waals surface area contributed by atoms with Gasteiger partial charge in [0, 0.05) is 13.2 Å². The molecule has 124 valence electrons. The maximum absolute atomic E-state index is 13.0. The predicted molar refractivity (Wildman–Crippen MR) is 91.1 cm³/mol. The summed E-state index contributed by atoms with van der Waals surface area (Å²) in [6.07, 6.45) is 2.81. The third-order valence-corrected chi connectivity index (χ3v) is 5.30. The molecule has 0 aliphatic heterocycles. The number of aryl methyl sites for hydroxylation is 1. The lowest BCUT2D eigenvalue weighted by Gasteiger charge is -2.24. The minimum atomic E-state index is -3.75. The second-order valence-electron chi connectivity index (χ2n) is 5.36. The number of rotatable bonds is 5. The van der Waals surface area contributed by atoms with Crippen LogP contribution in [0.3, 0.4) is 0 Å². The lowest BCUT2D eigenvalue weighted by molar-refractivity contribution is 0.475. The molecule has 0 unspecified atom stereocenters. The molecular weight excluding hydrogens is 326 g/mol. The molecular formula is C17H17N3O3S. The smallest absolute Gasteiger partial charge is 0.267 e. The number of hydrogen-bond acceptors (Lipinski definition) is 4. The molecule has 0 bridgehead atoms. The Labute approximate surface area is 140 Å². The number of aromatic nitrogens is 2. The standard InChI is InChI=1S/C17H17N3O3S/c1-19-13-17(11-18-19)24(22,23)20(15-5-3-2-4-6-15)12-14-7-9-16(21)10-8-14/h2-11,13,21H,12H2,1H3.